The van der Waals surface area contributed by atoms with E-state index in [0.29, 0.717) is 13.1 Å². The van der Waals surface area contributed by atoms with E-state index in [9.17, 15) is 9.46 Å². The maximum Gasteiger partial charge on any atom is 0.0812 e. The quantitative estimate of drug-likeness (QED) is 0.372. The average Bonchev–Trinajstić information content (AvgIpc) is 2.04. The molecule has 0 aliphatic rings. The van der Waals surface area contributed by atoms with E-state index >= 15 is 0 Å². The predicted molar refractivity (Wildman–Crippen MR) is 55.2 cm³/mol. The van der Waals surface area contributed by atoms with Crippen LogP contribution in [0, 0.1) is 0 Å². The van der Waals surface area contributed by atoms with Gasteiger partial charge in [0.05, 0.1) is 7.52 Å². The van der Waals surface area contributed by atoms with Crippen molar-refractivity contribution in [2.24, 2.45) is 0 Å². The summed E-state index contributed by atoms with van der Waals surface area (Å²) < 4.78 is 12.8. The number of halogens is 1. The Labute approximate surface area is 84.2 Å². The minimum Gasteiger partial charge on any atom is -0.788 e. The van der Waals surface area contributed by atoms with Gasteiger partial charge >= 0.3 is 0 Å². The van der Waals surface area contributed by atoms with Gasteiger partial charge in [0, 0.05) is 25.1 Å². The molecule has 0 aliphatic carbocycles. The highest BCUT2D eigenvalue weighted by Gasteiger charge is 2.15. The fourth-order valence-electron chi connectivity index (χ4n) is 0.870. The Morgan fingerprint density at radius 3 is 2.15 bits per heavy atom. The molecule has 0 fully saturated rings. The standard InChI is InChI=1S/C8H15ClNO2P/c1-3-6-10(7-4-2)13(11,12)8-5-9/h3-4H,1-2,5-8H2,(H,11,12)/p-1. The highest BCUT2D eigenvalue weighted by atomic mass is 35.5. The molecule has 0 aromatic rings. The van der Waals surface area contributed by atoms with Crippen molar-refractivity contribution >= 4 is 19.1 Å². The molecule has 0 rings (SSSR count). The van der Waals surface area contributed by atoms with Gasteiger partial charge in [0.1, 0.15) is 0 Å². The van der Waals surface area contributed by atoms with Crippen molar-refractivity contribution in [3.05, 3.63) is 25.3 Å². The molecule has 0 saturated carbocycles. The lowest BCUT2D eigenvalue weighted by Gasteiger charge is -2.34. The Kier molecular flexibility index (Phi) is 6.35. The highest BCUT2D eigenvalue weighted by Crippen LogP contribution is 2.39. The number of alkyl halides is 1. The first-order valence-corrected chi connectivity index (χ1v) is 6.21. The summed E-state index contributed by atoms with van der Waals surface area (Å²) in [6.07, 6.45) is 3.07. The summed E-state index contributed by atoms with van der Waals surface area (Å²) in [5.74, 6) is 0.117. The summed E-state index contributed by atoms with van der Waals surface area (Å²) >= 11 is 5.38. The van der Waals surface area contributed by atoms with Crippen molar-refractivity contribution < 1.29 is 9.46 Å². The summed E-state index contributed by atoms with van der Waals surface area (Å²) in [5, 5.41) is 0. The van der Waals surface area contributed by atoms with Crippen LogP contribution in [0.4, 0.5) is 0 Å². The minimum atomic E-state index is -3.53. The first-order chi connectivity index (χ1) is 6.08. The summed E-state index contributed by atoms with van der Waals surface area (Å²) in [6, 6.07) is 0. The maximum absolute atomic E-state index is 11.5. The molecule has 0 aromatic carbocycles. The normalized spacial score (nSPS) is 15.3. The molecule has 5 heteroatoms. The Hall–Kier alpha value is -0.0800. The van der Waals surface area contributed by atoms with E-state index in [1.54, 1.807) is 12.2 Å². The monoisotopic (exact) mass is 222 g/mol. The van der Waals surface area contributed by atoms with Gasteiger partial charge in [-0.2, -0.15) is 0 Å². The molecular formula is C8H14ClNO2P-. The fraction of sp³-hybridized carbons (Fsp3) is 0.500. The van der Waals surface area contributed by atoms with Crippen LogP contribution in [0.1, 0.15) is 0 Å². The molecule has 0 bridgehead atoms. The second-order valence-corrected chi connectivity index (χ2v) is 5.16. The minimum absolute atomic E-state index is 0.0176. The van der Waals surface area contributed by atoms with Crippen LogP contribution in [0.2, 0.25) is 0 Å². The van der Waals surface area contributed by atoms with E-state index in [0.717, 1.165) is 0 Å². The van der Waals surface area contributed by atoms with Crippen LogP contribution in [0.15, 0.2) is 25.3 Å². The van der Waals surface area contributed by atoms with Crippen LogP contribution in [-0.2, 0) is 4.57 Å². The van der Waals surface area contributed by atoms with E-state index in [4.69, 9.17) is 11.6 Å². The van der Waals surface area contributed by atoms with Crippen molar-refractivity contribution in [1.82, 2.24) is 4.67 Å². The number of hydrogen-bond acceptors (Lipinski definition) is 2. The molecule has 0 spiro atoms. The van der Waals surface area contributed by atoms with Gasteiger partial charge in [-0.3, -0.25) is 4.67 Å². The molecule has 0 aliphatic heterocycles. The Balaban J connectivity index is 4.39. The van der Waals surface area contributed by atoms with Crippen molar-refractivity contribution in [3.8, 4) is 0 Å². The molecule has 0 aromatic heterocycles. The van der Waals surface area contributed by atoms with Gasteiger partial charge in [-0.25, -0.2) is 0 Å². The third-order valence-electron chi connectivity index (χ3n) is 1.48. The van der Waals surface area contributed by atoms with Crippen LogP contribution in [0.5, 0.6) is 0 Å². The van der Waals surface area contributed by atoms with E-state index in [1.165, 1.54) is 4.67 Å². The summed E-state index contributed by atoms with van der Waals surface area (Å²) in [6.45, 7) is 7.59. The summed E-state index contributed by atoms with van der Waals surface area (Å²) in [7, 11) is -3.53. The zero-order valence-electron chi connectivity index (χ0n) is 7.49. The lowest BCUT2D eigenvalue weighted by atomic mass is 10.5. The van der Waals surface area contributed by atoms with Crippen molar-refractivity contribution in [2.45, 2.75) is 0 Å². The van der Waals surface area contributed by atoms with Crippen LogP contribution >= 0.6 is 19.1 Å². The van der Waals surface area contributed by atoms with Crippen LogP contribution < -0.4 is 4.89 Å². The molecule has 0 radical (unpaired) electrons. The van der Waals surface area contributed by atoms with Crippen molar-refractivity contribution in [2.75, 3.05) is 25.1 Å². The third-order valence-corrected chi connectivity index (χ3v) is 3.91. The van der Waals surface area contributed by atoms with Crippen LogP contribution in [0.25, 0.3) is 0 Å². The Morgan fingerprint density at radius 1 is 1.38 bits per heavy atom. The summed E-state index contributed by atoms with van der Waals surface area (Å²) in [4.78, 5) is 11.5. The number of nitrogens with zero attached hydrogens (tertiary/aromatic N) is 1. The van der Waals surface area contributed by atoms with E-state index in [1.807, 2.05) is 0 Å². The molecular weight excluding hydrogens is 209 g/mol. The van der Waals surface area contributed by atoms with Crippen LogP contribution in [0.3, 0.4) is 0 Å². The predicted octanol–water partition coefficient (Wildman–Crippen LogP) is 1.45. The lowest BCUT2D eigenvalue weighted by molar-refractivity contribution is -0.186. The molecule has 3 nitrogen and oxygen atoms in total. The Morgan fingerprint density at radius 2 is 1.85 bits per heavy atom. The lowest BCUT2D eigenvalue weighted by Crippen LogP contribution is -2.28. The van der Waals surface area contributed by atoms with Gasteiger partial charge in [0.15, 0.2) is 0 Å². The molecule has 0 amide bonds. The zero-order chi connectivity index (χ0) is 10.3. The molecule has 1 unspecified atom stereocenters. The van der Waals surface area contributed by atoms with Gasteiger partial charge in [-0.05, 0) is 0 Å². The van der Waals surface area contributed by atoms with E-state index in [2.05, 4.69) is 13.2 Å². The fourth-order valence-corrected chi connectivity index (χ4v) is 2.74. The van der Waals surface area contributed by atoms with Gasteiger partial charge in [-0.1, -0.05) is 12.2 Å². The second kappa shape index (κ2) is 6.39. The smallest absolute Gasteiger partial charge is 0.0812 e. The molecule has 0 heterocycles. The SMILES string of the molecule is C=CCN(CC=C)P(=O)([O-])CCCl. The topological polar surface area (TPSA) is 43.4 Å². The third kappa shape index (κ3) is 4.63. The zero-order valence-corrected chi connectivity index (χ0v) is 9.14. The molecule has 13 heavy (non-hydrogen) atoms. The molecule has 76 valence electrons. The molecule has 1 atom stereocenters. The first-order valence-electron chi connectivity index (χ1n) is 3.91. The van der Waals surface area contributed by atoms with Crippen molar-refractivity contribution in [3.63, 3.8) is 0 Å². The highest BCUT2D eigenvalue weighted by molar-refractivity contribution is 7.54. The number of hydrogen-bond donors (Lipinski definition) is 0. The summed E-state index contributed by atoms with van der Waals surface area (Å²) in [5.41, 5.74) is 0. The maximum atomic E-state index is 11.5. The second-order valence-electron chi connectivity index (χ2n) is 2.50. The Bertz CT molecular complexity index is 210. The first kappa shape index (κ1) is 12.9. The van der Waals surface area contributed by atoms with Gasteiger partial charge in [0.25, 0.3) is 0 Å². The van der Waals surface area contributed by atoms with E-state index in [-0.39, 0.29) is 12.0 Å². The average molecular weight is 223 g/mol. The van der Waals surface area contributed by atoms with Gasteiger partial charge < -0.3 is 9.46 Å². The molecule has 0 N–H and O–H groups in total. The number of rotatable bonds is 7. The van der Waals surface area contributed by atoms with Crippen LogP contribution in [-0.4, -0.2) is 29.8 Å². The van der Waals surface area contributed by atoms with E-state index < -0.39 is 7.52 Å². The van der Waals surface area contributed by atoms with Gasteiger partial charge in [0.2, 0.25) is 0 Å². The largest absolute Gasteiger partial charge is 0.788 e. The van der Waals surface area contributed by atoms with Crippen molar-refractivity contribution in [1.29, 1.82) is 0 Å². The van der Waals surface area contributed by atoms with Gasteiger partial charge in [-0.15, -0.1) is 24.8 Å². The molecule has 0 saturated heterocycles.